The van der Waals surface area contributed by atoms with Crippen LogP contribution in [0.15, 0.2) is 18.2 Å². The number of fused-ring (bicyclic) bond motifs is 1. The maximum Gasteiger partial charge on any atom is 0.127 e. The van der Waals surface area contributed by atoms with Gasteiger partial charge in [-0.25, -0.2) is 4.39 Å². The third-order valence-corrected chi connectivity index (χ3v) is 3.81. The largest absolute Gasteiger partial charge is 0.487 e. The van der Waals surface area contributed by atoms with Gasteiger partial charge in [0.05, 0.1) is 0 Å². The molecule has 2 nitrogen and oxygen atoms in total. The van der Waals surface area contributed by atoms with Crippen molar-refractivity contribution in [1.82, 2.24) is 0 Å². The molecule has 1 saturated carbocycles. The van der Waals surface area contributed by atoms with Crippen molar-refractivity contribution in [2.45, 2.75) is 43.7 Å². The van der Waals surface area contributed by atoms with Gasteiger partial charge >= 0.3 is 0 Å². The Bertz CT molecular complexity index is 412. The number of nitrogens with two attached hydrogens (primary N) is 1. The molecule has 2 N–H and O–H groups in total. The normalized spacial score (nSPS) is 26.5. The number of ether oxygens (including phenoxy) is 1. The average molecular weight is 221 g/mol. The lowest BCUT2D eigenvalue weighted by atomic mass is 9.86. The van der Waals surface area contributed by atoms with Crippen LogP contribution in [0, 0.1) is 5.82 Å². The van der Waals surface area contributed by atoms with Crippen LogP contribution in [0.2, 0.25) is 0 Å². The van der Waals surface area contributed by atoms with Crippen LogP contribution in [0.5, 0.6) is 5.75 Å². The van der Waals surface area contributed by atoms with Crippen LogP contribution in [0.25, 0.3) is 0 Å². The van der Waals surface area contributed by atoms with Crippen molar-refractivity contribution in [3.63, 3.8) is 0 Å². The van der Waals surface area contributed by atoms with E-state index in [0.717, 1.165) is 24.8 Å². The smallest absolute Gasteiger partial charge is 0.127 e. The number of hydrogen-bond acceptors (Lipinski definition) is 2. The maximum atomic E-state index is 13.2. The molecule has 3 heteroatoms. The summed E-state index contributed by atoms with van der Waals surface area (Å²) in [6.07, 6.45) is 5.35. The Hall–Kier alpha value is -1.09. The van der Waals surface area contributed by atoms with Gasteiger partial charge in [0, 0.05) is 24.1 Å². The van der Waals surface area contributed by atoms with Crippen LogP contribution in [0.3, 0.4) is 0 Å². The Morgan fingerprint density at radius 2 is 2.06 bits per heavy atom. The van der Waals surface area contributed by atoms with E-state index in [9.17, 15) is 4.39 Å². The molecule has 1 aliphatic heterocycles. The predicted octanol–water partition coefficient (Wildman–Crippen LogP) is 2.92. The Balaban J connectivity index is 2.00. The summed E-state index contributed by atoms with van der Waals surface area (Å²) in [5.74, 6) is 0.404. The van der Waals surface area contributed by atoms with E-state index in [4.69, 9.17) is 10.5 Å². The molecule has 16 heavy (non-hydrogen) atoms. The monoisotopic (exact) mass is 221 g/mol. The molecule has 0 unspecified atom stereocenters. The van der Waals surface area contributed by atoms with Crippen LogP contribution < -0.4 is 10.5 Å². The minimum absolute atomic E-state index is 0.0116. The lowest BCUT2D eigenvalue weighted by molar-refractivity contribution is 0.0422. The SMILES string of the molecule is N[C@@H]1CC2(CCCC2)Oc2cc(F)ccc21. The summed E-state index contributed by atoms with van der Waals surface area (Å²) in [5.41, 5.74) is 6.98. The molecule has 1 aromatic carbocycles. The zero-order valence-electron chi connectivity index (χ0n) is 9.21. The third kappa shape index (κ3) is 1.50. The molecule has 0 radical (unpaired) electrons. The highest BCUT2D eigenvalue weighted by atomic mass is 19.1. The first kappa shape index (κ1) is 10.1. The first-order valence-electron chi connectivity index (χ1n) is 5.93. The van der Waals surface area contributed by atoms with Gasteiger partial charge < -0.3 is 10.5 Å². The second-order valence-corrected chi connectivity index (χ2v) is 4.98. The molecule has 86 valence electrons. The summed E-state index contributed by atoms with van der Waals surface area (Å²) in [7, 11) is 0. The van der Waals surface area contributed by atoms with Gasteiger partial charge in [0.2, 0.25) is 0 Å². The quantitative estimate of drug-likeness (QED) is 0.731. The van der Waals surface area contributed by atoms with Crippen LogP contribution in [0.1, 0.15) is 43.7 Å². The standard InChI is InChI=1S/C13H16FNO/c14-9-3-4-10-11(15)8-13(5-1-2-6-13)16-12(10)7-9/h3-4,7,11H,1-2,5-6,8,15H2/t11-/m1/s1. The molecule has 3 rings (SSSR count). The van der Waals surface area contributed by atoms with Crippen molar-refractivity contribution in [3.8, 4) is 5.75 Å². The topological polar surface area (TPSA) is 35.2 Å². The van der Waals surface area contributed by atoms with Gasteiger partial charge in [0.15, 0.2) is 0 Å². The molecule has 1 atom stereocenters. The van der Waals surface area contributed by atoms with E-state index in [1.165, 1.54) is 25.0 Å². The summed E-state index contributed by atoms with van der Waals surface area (Å²) >= 11 is 0. The van der Waals surface area contributed by atoms with Crippen molar-refractivity contribution >= 4 is 0 Å². The number of benzene rings is 1. The maximum absolute atomic E-state index is 13.2. The van der Waals surface area contributed by atoms with Crippen molar-refractivity contribution in [2.24, 2.45) is 5.73 Å². The fourth-order valence-electron chi connectivity index (χ4n) is 3.01. The Kier molecular flexibility index (Phi) is 2.18. The molecular weight excluding hydrogens is 205 g/mol. The van der Waals surface area contributed by atoms with E-state index >= 15 is 0 Å². The highest BCUT2D eigenvalue weighted by molar-refractivity contribution is 5.39. The van der Waals surface area contributed by atoms with E-state index in [0.29, 0.717) is 5.75 Å². The van der Waals surface area contributed by atoms with Gasteiger partial charge in [0.1, 0.15) is 17.2 Å². The van der Waals surface area contributed by atoms with Gasteiger partial charge in [-0.2, -0.15) is 0 Å². The molecule has 0 bridgehead atoms. The fourth-order valence-corrected chi connectivity index (χ4v) is 3.01. The Morgan fingerprint density at radius 3 is 2.81 bits per heavy atom. The zero-order chi connectivity index (χ0) is 11.2. The Labute approximate surface area is 94.6 Å². The molecule has 0 aromatic heterocycles. The lowest BCUT2D eigenvalue weighted by Crippen LogP contribution is -2.40. The van der Waals surface area contributed by atoms with E-state index in [-0.39, 0.29) is 17.5 Å². The molecule has 1 fully saturated rings. The minimum atomic E-state index is -0.249. The predicted molar refractivity (Wildman–Crippen MR) is 59.8 cm³/mol. The second kappa shape index (κ2) is 3.45. The molecular formula is C13H16FNO. The number of halogens is 1. The summed E-state index contributed by atoms with van der Waals surface area (Å²) in [4.78, 5) is 0. The van der Waals surface area contributed by atoms with Gasteiger partial charge in [-0.05, 0) is 31.7 Å². The van der Waals surface area contributed by atoms with Crippen molar-refractivity contribution in [1.29, 1.82) is 0 Å². The van der Waals surface area contributed by atoms with Crippen molar-refractivity contribution in [3.05, 3.63) is 29.6 Å². The van der Waals surface area contributed by atoms with Crippen molar-refractivity contribution < 1.29 is 9.13 Å². The van der Waals surface area contributed by atoms with Crippen LogP contribution in [0.4, 0.5) is 4.39 Å². The molecule has 1 aromatic rings. The van der Waals surface area contributed by atoms with E-state index in [1.54, 1.807) is 6.07 Å². The highest BCUT2D eigenvalue weighted by Gasteiger charge is 2.41. The molecule has 1 heterocycles. The molecule has 1 aliphatic carbocycles. The zero-order valence-corrected chi connectivity index (χ0v) is 9.21. The van der Waals surface area contributed by atoms with Crippen LogP contribution >= 0.6 is 0 Å². The summed E-state index contributed by atoms with van der Waals surface area (Å²) in [5, 5.41) is 0. The van der Waals surface area contributed by atoms with E-state index < -0.39 is 0 Å². The van der Waals surface area contributed by atoms with E-state index in [1.807, 2.05) is 0 Å². The fraction of sp³-hybridized carbons (Fsp3) is 0.538. The van der Waals surface area contributed by atoms with Crippen molar-refractivity contribution in [2.75, 3.05) is 0 Å². The lowest BCUT2D eigenvalue weighted by Gasteiger charge is -2.38. The van der Waals surface area contributed by atoms with Gasteiger partial charge in [0.25, 0.3) is 0 Å². The summed E-state index contributed by atoms with van der Waals surface area (Å²) < 4.78 is 19.2. The van der Waals surface area contributed by atoms with Crippen LogP contribution in [-0.2, 0) is 0 Å². The van der Waals surface area contributed by atoms with Gasteiger partial charge in [-0.3, -0.25) is 0 Å². The number of hydrogen-bond donors (Lipinski definition) is 1. The average Bonchev–Trinajstić information content (AvgIpc) is 2.65. The van der Waals surface area contributed by atoms with Gasteiger partial charge in [-0.15, -0.1) is 0 Å². The molecule has 0 amide bonds. The first-order chi connectivity index (χ1) is 7.69. The number of rotatable bonds is 0. The van der Waals surface area contributed by atoms with E-state index in [2.05, 4.69) is 0 Å². The third-order valence-electron chi connectivity index (χ3n) is 3.81. The first-order valence-corrected chi connectivity index (χ1v) is 5.93. The molecule has 0 saturated heterocycles. The minimum Gasteiger partial charge on any atom is -0.487 e. The summed E-state index contributed by atoms with van der Waals surface area (Å²) in [6, 6.07) is 4.66. The Morgan fingerprint density at radius 1 is 1.31 bits per heavy atom. The second-order valence-electron chi connectivity index (χ2n) is 4.98. The summed E-state index contributed by atoms with van der Waals surface area (Å²) in [6.45, 7) is 0. The highest BCUT2D eigenvalue weighted by Crippen LogP contribution is 2.46. The molecule has 1 spiro atoms. The van der Waals surface area contributed by atoms with Gasteiger partial charge in [-0.1, -0.05) is 6.07 Å². The van der Waals surface area contributed by atoms with Crippen LogP contribution in [-0.4, -0.2) is 5.60 Å². The molecule has 2 aliphatic rings.